The van der Waals surface area contributed by atoms with Gasteiger partial charge in [0.15, 0.2) is 0 Å². The molecule has 4 aliphatic rings. The van der Waals surface area contributed by atoms with Crippen LogP contribution in [0.5, 0.6) is 0 Å². The number of ketones is 1. The highest BCUT2D eigenvalue weighted by Gasteiger charge is 2.60. The third-order valence-electron chi connectivity index (χ3n) is 10.7. The summed E-state index contributed by atoms with van der Waals surface area (Å²) < 4.78 is 0. The van der Waals surface area contributed by atoms with Gasteiger partial charge in [-0.3, -0.25) is 4.79 Å². The summed E-state index contributed by atoms with van der Waals surface area (Å²) in [6.45, 7) is 12.6. The third-order valence-corrected chi connectivity index (χ3v) is 10.7. The van der Waals surface area contributed by atoms with Gasteiger partial charge in [-0.15, -0.1) is 0 Å². The Hall–Kier alpha value is -0.330. The smallest absolute Gasteiger partial charge is 0.133 e. The summed E-state index contributed by atoms with van der Waals surface area (Å²) in [5.41, 5.74) is 1.07. The van der Waals surface area contributed by atoms with E-state index in [2.05, 4.69) is 34.6 Å². The van der Waals surface area contributed by atoms with Crippen molar-refractivity contribution < 1.29 is 4.79 Å². The number of hydrogen-bond acceptors (Lipinski definition) is 1. The summed E-state index contributed by atoms with van der Waals surface area (Å²) in [5, 5.41) is 0. The summed E-state index contributed by atoms with van der Waals surface area (Å²) >= 11 is 0. The molecule has 4 saturated carbocycles. The largest absolute Gasteiger partial charge is 0.300 e. The standard InChI is InChI=1S/C27H46O/c1-18(2)7-6-8-19(3)23-11-12-24-22-10-9-20-17-21(28)13-15-26(20,4)25(22)14-16-27(23,24)5/h18-20,22-25H,6-17H2,1-5H3/t19-,20+,22-,23-,24-,25-,26-,27+/m0/s1. The average Bonchev–Trinajstić information content (AvgIpc) is 2.99. The van der Waals surface area contributed by atoms with Crippen LogP contribution in [0.1, 0.15) is 112 Å². The Bertz CT molecular complexity index is 579. The third kappa shape index (κ3) is 3.41. The number of hydrogen-bond donors (Lipinski definition) is 0. The van der Waals surface area contributed by atoms with E-state index in [-0.39, 0.29) is 0 Å². The van der Waals surface area contributed by atoms with Gasteiger partial charge in [-0.25, -0.2) is 0 Å². The minimum absolute atomic E-state index is 0.471. The van der Waals surface area contributed by atoms with Crippen LogP contribution in [0.15, 0.2) is 0 Å². The molecule has 0 amide bonds. The molecule has 0 saturated heterocycles. The van der Waals surface area contributed by atoms with Crippen LogP contribution < -0.4 is 0 Å². The molecule has 8 atom stereocenters. The predicted octanol–water partition coefficient (Wildman–Crippen LogP) is 7.68. The Morgan fingerprint density at radius 1 is 0.893 bits per heavy atom. The molecule has 0 spiro atoms. The van der Waals surface area contributed by atoms with Crippen LogP contribution in [-0.4, -0.2) is 5.78 Å². The van der Waals surface area contributed by atoms with E-state index in [0.29, 0.717) is 22.5 Å². The lowest BCUT2D eigenvalue weighted by atomic mass is 9.44. The first kappa shape index (κ1) is 20.9. The van der Waals surface area contributed by atoms with E-state index in [9.17, 15) is 4.79 Å². The molecule has 0 radical (unpaired) electrons. The van der Waals surface area contributed by atoms with Crippen LogP contribution in [-0.2, 0) is 4.79 Å². The fourth-order valence-electron chi connectivity index (χ4n) is 9.07. The van der Waals surface area contributed by atoms with Crippen molar-refractivity contribution in [2.75, 3.05) is 0 Å². The minimum atomic E-state index is 0.471. The highest BCUT2D eigenvalue weighted by atomic mass is 16.1. The van der Waals surface area contributed by atoms with E-state index in [1.165, 1.54) is 64.2 Å². The molecule has 0 aliphatic heterocycles. The lowest BCUT2D eigenvalue weighted by Gasteiger charge is -2.60. The van der Waals surface area contributed by atoms with Gasteiger partial charge in [0.05, 0.1) is 0 Å². The van der Waals surface area contributed by atoms with E-state index >= 15 is 0 Å². The van der Waals surface area contributed by atoms with Crippen molar-refractivity contribution >= 4 is 5.78 Å². The van der Waals surface area contributed by atoms with Gasteiger partial charge in [-0.1, -0.05) is 53.9 Å². The summed E-state index contributed by atoms with van der Waals surface area (Å²) in [4.78, 5) is 12.1. The van der Waals surface area contributed by atoms with E-state index < -0.39 is 0 Å². The number of rotatable bonds is 5. The molecule has 0 heterocycles. The Labute approximate surface area is 174 Å². The maximum atomic E-state index is 12.1. The molecule has 4 rings (SSSR count). The topological polar surface area (TPSA) is 17.1 Å². The van der Waals surface area contributed by atoms with Crippen molar-refractivity contribution in [1.29, 1.82) is 0 Å². The molecular formula is C27H46O. The Kier molecular flexibility index (Phi) is 5.78. The van der Waals surface area contributed by atoms with Crippen molar-refractivity contribution in [2.24, 2.45) is 52.3 Å². The molecule has 0 aromatic carbocycles. The van der Waals surface area contributed by atoms with Crippen molar-refractivity contribution in [1.82, 2.24) is 0 Å². The zero-order valence-electron chi connectivity index (χ0n) is 19.4. The maximum absolute atomic E-state index is 12.1. The van der Waals surface area contributed by atoms with Crippen molar-refractivity contribution in [3.63, 3.8) is 0 Å². The fourth-order valence-corrected chi connectivity index (χ4v) is 9.07. The van der Waals surface area contributed by atoms with E-state index in [4.69, 9.17) is 0 Å². The summed E-state index contributed by atoms with van der Waals surface area (Å²) in [6.07, 6.45) is 15.9. The molecular weight excluding hydrogens is 340 g/mol. The van der Waals surface area contributed by atoms with Gasteiger partial charge >= 0.3 is 0 Å². The minimum Gasteiger partial charge on any atom is -0.300 e. The van der Waals surface area contributed by atoms with Crippen LogP contribution in [0.4, 0.5) is 0 Å². The first-order valence-electron chi connectivity index (χ1n) is 12.8. The highest BCUT2D eigenvalue weighted by molar-refractivity contribution is 5.79. The van der Waals surface area contributed by atoms with Gasteiger partial charge < -0.3 is 0 Å². The molecule has 0 bridgehead atoms. The van der Waals surface area contributed by atoms with Crippen LogP contribution in [0.2, 0.25) is 0 Å². The second kappa shape index (κ2) is 7.73. The Balaban J connectivity index is 1.47. The zero-order valence-corrected chi connectivity index (χ0v) is 19.4. The highest BCUT2D eigenvalue weighted by Crippen LogP contribution is 2.68. The molecule has 0 N–H and O–H groups in total. The number of fused-ring (bicyclic) bond motifs is 5. The van der Waals surface area contributed by atoms with Gasteiger partial charge in [0.25, 0.3) is 0 Å². The number of carbonyl (C=O) groups excluding carboxylic acids is 1. The molecule has 160 valence electrons. The van der Waals surface area contributed by atoms with Gasteiger partial charge in [0, 0.05) is 12.8 Å². The van der Waals surface area contributed by atoms with Crippen molar-refractivity contribution in [3.05, 3.63) is 0 Å². The lowest BCUT2D eigenvalue weighted by Crippen LogP contribution is -2.53. The van der Waals surface area contributed by atoms with Gasteiger partial charge in [0.1, 0.15) is 5.78 Å². The molecule has 1 heteroatoms. The first-order chi connectivity index (χ1) is 13.3. The lowest BCUT2D eigenvalue weighted by molar-refractivity contribution is -0.140. The van der Waals surface area contributed by atoms with E-state index in [1.807, 2.05) is 0 Å². The molecule has 1 nitrogen and oxygen atoms in total. The molecule has 0 aromatic heterocycles. The fraction of sp³-hybridized carbons (Fsp3) is 0.963. The Morgan fingerprint density at radius 2 is 1.64 bits per heavy atom. The SMILES string of the molecule is CC(C)CCC[C@H](C)[C@@H]1CC[C@H]2[C@@H]3CC[C@@H]4CC(=O)CC[C@]4(C)[C@H]3CC[C@@]21C. The summed E-state index contributed by atoms with van der Waals surface area (Å²) in [7, 11) is 0. The van der Waals surface area contributed by atoms with Gasteiger partial charge in [0.2, 0.25) is 0 Å². The average molecular weight is 387 g/mol. The molecule has 0 aromatic rings. The first-order valence-corrected chi connectivity index (χ1v) is 12.8. The zero-order chi connectivity index (χ0) is 20.1. The van der Waals surface area contributed by atoms with E-state index in [0.717, 1.165) is 48.3 Å². The van der Waals surface area contributed by atoms with Crippen LogP contribution in [0.3, 0.4) is 0 Å². The van der Waals surface area contributed by atoms with Crippen LogP contribution >= 0.6 is 0 Å². The predicted molar refractivity (Wildman–Crippen MR) is 118 cm³/mol. The van der Waals surface area contributed by atoms with Crippen molar-refractivity contribution in [2.45, 2.75) is 112 Å². The van der Waals surface area contributed by atoms with Gasteiger partial charge in [-0.2, -0.15) is 0 Å². The number of Topliss-reactive ketones (excluding diaryl/α,β-unsaturated/α-hetero) is 1. The molecule has 0 unspecified atom stereocenters. The van der Waals surface area contributed by atoms with Crippen LogP contribution in [0, 0.1) is 52.3 Å². The van der Waals surface area contributed by atoms with Crippen molar-refractivity contribution in [3.8, 4) is 0 Å². The molecule has 4 aliphatic carbocycles. The van der Waals surface area contributed by atoms with Crippen LogP contribution in [0.25, 0.3) is 0 Å². The quantitative estimate of drug-likeness (QED) is 0.473. The van der Waals surface area contributed by atoms with E-state index in [1.54, 1.807) is 0 Å². The monoisotopic (exact) mass is 386 g/mol. The molecule has 28 heavy (non-hydrogen) atoms. The maximum Gasteiger partial charge on any atom is 0.133 e. The Morgan fingerprint density at radius 3 is 2.39 bits per heavy atom. The van der Waals surface area contributed by atoms with Gasteiger partial charge in [-0.05, 0) is 97.2 Å². The summed E-state index contributed by atoms with van der Waals surface area (Å²) in [6, 6.07) is 0. The second-order valence-electron chi connectivity index (χ2n) is 12.4. The number of carbonyl (C=O) groups is 1. The normalized spacial score (nSPS) is 46.8. The molecule has 4 fully saturated rings. The summed E-state index contributed by atoms with van der Waals surface area (Å²) in [5.74, 6) is 6.82. The second-order valence-corrected chi connectivity index (χ2v) is 12.4.